The van der Waals surface area contributed by atoms with Crippen LogP contribution in [-0.4, -0.2) is 17.7 Å². The summed E-state index contributed by atoms with van der Waals surface area (Å²) in [5, 5.41) is 2.76. The van der Waals surface area contributed by atoms with Gasteiger partial charge in [0.15, 0.2) is 0 Å². The maximum Gasteiger partial charge on any atom is 0.233 e. The fraction of sp³-hybridized carbons (Fsp3) is 0.357. The van der Waals surface area contributed by atoms with Gasteiger partial charge in [-0.3, -0.25) is 4.79 Å². The Balaban J connectivity index is 2.53. The van der Waals surface area contributed by atoms with Crippen molar-refractivity contribution in [2.24, 2.45) is 0 Å². The van der Waals surface area contributed by atoms with Gasteiger partial charge < -0.3 is 5.32 Å². The quantitative estimate of drug-likeness (QED) is 0.801. The summed E-state index contributed by atoms with van der Waals surface area (Å²) >= 11 is 1.55. The van der Waals surface area contributed by atoms with Crippen molar-refractivity contribution >= 4 is 17.7 Å². The second-order valence-corrected chi connectivity index (χ2v) is 5.69. The van der Waals surface area contributed by atoms with Crippen molar-refractivity contribution in [1.82, 2.24) is 5.32 Å². The second kappa shape index (κ2) is 7.21. The van der Waals surface area contributed by atoms with Gasteiger partial charge in [0.05, 0.1) is 5.25 Å². The first-order valence-electron chi connectivity index (χ1n) is 5.84. The van der Waals surface area contributed by atoms with Crippen molar-refractivity contribution < 1.29 is 9.18 Å². The molecule has 0 aromatic heterocycles. The Hall–Kier alpha value is -1.29. The van der Waals surface area contributed by atoms with Crippen molar-refractivity contribution in [2.75, 3.05) is 6.54 Å². The number of thioether (sulfide) groups is 1. The molecule has 4 heteroatoms. The highest BCUT2D eigenvalue weighted by molar-refractivity contribution is 8.00. The Morgan fingerprint density at radius 3 is 2.61 bits per heavy atom. The highest BCUT2D eigenvalue weighted by Crippen LogP contribution is 2.31. The van der Waals surface area contributed by atoms with Crippen LogP contribution < -0.4 is 5.32 Å². The van der Waals surface area contributed by atoms with E-state index in [9.17, 15) is 9.18 Å². The van der Waals surface area contributed by atoms with Crippen LogP contribution in [0.4, 0.5) is 4.39 Å². The first-order valence-corrected chi connectivity index (χ1v) is 6.78. The molecule has 1 rings (SSSR count). The third-order valence-electron chi connectivity index (χ3n) is 2.54. The molecule has 98 valence electrons. The van der Waals surface area contributed by atoms with Gasteiger partial charge in [-0.25, -0.2) is 4.39 Å². The maximum atomic E-state index is 12.8. The van der Waals surface area contributed by atoms with Gasteiger partial charge in [0, 0.05) is 11.8 Å². The summed E-state index contributed by atoms with van der Waals surface area (Å²) < 4.78 is 12.8. The molecule has 0 aliphatic carbocycles. The molecular weight excluding hydrogens is 249 g/mol. The van der Waals surface area contributed by atoms with E-state index in [4.69, 9.17) is 0 Å². The number of halogens is 1. The molecule has 0 unspecified atom stereocenters. The lowest BCUT2D eigenvalue weighted by molar-refractivity contribution is -0.120. The van der Waals surface area contributed by atoms with Crippen LogP contribution in [0.25, 0.3) is 0 Å². The zero-order chi connectivity index (χ0) is 13.5. The van der Waals surface area contributed by atoms with Crippen LogP contribution in [0.1, 0.15) is 24.7 Å². The van der Waals surface area contributed by atoms with Crippen molar-refractivity contribution in [3.05, 3.63) is 48.3 Å². The first-order chi connectivity index (χ1) is 8.54. The average molecular weight is 267 g/mol. The molecule has 0 saturated heterocycles. The summed E-state index contributed by atoms with van der Waals surface area (Å²) in [6, 6.07) is 6.38. The molecule has 18 heavy (non-hydrogen) atoms. The van der Waals surface area contributed by atoms with E-state index in [1.165, 1.54) is 12.1 Å². The molecule has 0 heterocycles. The summed E-state index contributed by atoms with van der Waals surface area (Å²) in [4.78, 5) is 11.7. The minimum absolute atomic E-state index is 0.00568. The molecule has 2 nitrogen and oxygen atoms in total. The van der Waals surface area contributed by atoms with Crippen LogP contribution in [0.3, 0.4) is 0 Å². The van der Waals surface area contributed by atoms with Gasteiger partial charge in [0.1, 0.15) is 5.82 Å². The standard InChI is InChI=1S/C14H18FNOS/c1-4-9-16-14(17)11(3)18-10(2)12-5-7-13(15)8-6-12/h4-8,10-11H,1,9H2,2-3H3,(H,16,17)/t10-,11-/m1/s1. The monoisotopic (exact) mass is 267 g/mol. The fourth-order valence-electron chi connectivity index (χ4n) is 1.50. The van der Waals surface area contributed by atoms with Gasteiger partial charge in [-0.05, 0) is 31.5 Å². The number of amides is 1. The molecule has 1 aromatic carbocycles. The predicted octanol–water partition coefficient (Wildman–Crippen LogP) is 3.31. The zero-order valence-corrected chi connectivity index (χ0v) is 11.5. The van der Waals surface area contributed by atoms with Crippen LogP contribution in [-0.2, 0) is 4.79 Å². The number of hydrogen-bond acceptors (Lipinski definition) is 2. The van der Waals surface area contributed by atoms with Gasteiger partial charge in [-0.15, -0.1) is 18.3 Å². The lowest BCUT2D eigenvalue weighted by atomic mass is 10.2. The third-order valence-corrected chi connectivity index (χ3v) is 3.84. The molecule has 1 amide bonds. The number of nitrogens with one attached hydrogen (secondary N) is 1. The molecule has 0 saturated carbocycles. The molecule has 2 atom stereocenters. The predicted molar refractivity (Wildman–Crippen MR) is 75.1 cm³/mol. The largest absolute Gasteiger partial charge is 0.352 e. The van der Waals surface area contributed by atoms with E-state index in [1.807, 2.05) is 13.8 Å². The van der Waals surface area contributed by atoms with Crippen LogP contribution in [0.2, 0.25) is 0 Å². The molecule has 0 fully saturated rings. The summed E-state index contributed by atoms with van der Waals surface area (Å²) in [6.45, 7) is 7.91. The third kappa shape index (κ3) is 4.53. The lowest BCUT2D eigenvalue weighted by Gasteiger charge is -2.17. The van der Waals surface area contributed by atoms with Gasteiger partial charge >= 0.3 is 0 Å². The highest BCUT2D eigenvalue weighted by Gasteiger charge is 2.17. The minimum Gasteiger partial charge on any atom is -0.352 e. The number of hydrogen-bond donors (Lipinski definition) is 1. The minimum atomic E-state index is -0.243. The van der Waals surface area contributed by atoms with E-state index in [1.54, 1.807) is 30.0 Å². The topological polar surface area (TPSA) is 29.1 Å². The van der Waals surface area contributed by atoms with E-state index in [0.717, 1.165) is 5.56 Å². The lowest BCUT2D eigenvalue weighted by Crippen LogP contribution is -2.31. The molecule has 0 spiro atoms. The van der Waals surface area contributed by atoms with Gasteiger partial charge in [0.25, 0.3) is 0 Å². The van der Waals surface area contributed by atoms with Crippen LogP contribution in [0.15, 0.2) is 36.9 Å². The van der Waals surface area contributed by atoms with E-state index in [0.29, 0.717) is 6.54 Å². The SMILES string of the molecule is C=CCNC(=O)[C@@H](C)S[C@H](C)c1ccc(F)cc1. The van der Waals surface area contributed by atoms with Crippen LogP contribution in [0, 0.1) is 5.82 Å². The molecule has 0 aliphatic heterocycles. The van der Waals surface area contributed by atoms with Crippen molar-refractivity contribution in [2.45, 2.75) is 24.3 Å². The van der Waals surface area contributed by atoms with Crippen LogP contribution in [0.5, 0.6) is 0 Å². The molecule has 0 aliphatic rings. The van der Waals surface area contributed by atoms with Crippen LogP contribution >= 0.6 is 11.8 Å². The summed E-state index contributed by atoms with van der Waals surface area (Å²) in [5.74, 6) is -0.249. The molecular formula is C14H18FNOS. The average Bonchev–Trinajstić information content (AvgIpc) is 2.36. The smallest absolute Gasteiger partial charge is 0.233 e. The number of rotatable bonds is 6. The van der Waals surface area contributed by atoms with E-state index < -0.39 is 0 Å². The second-order valence-electron chi connectivity index (χ2n) is 4.01. The molecule has 0 radical (unpaired) electrons. The zero-order valence-electron chi connectivity index (χ0n) is 10.7. The maximum absolute atomic E-state index is 12.8. The Morgan fingerprint density at radius 2 is 2.06 bits per heavy atom. The van der Waals surface area contributed by atoms with E-state index >= 15 is 0 Å². The molecule has 0 bridgehead atoms. The Kier molecular flexibility index (Phi) is 5.92. The number of carbonyl (C=O) groups excluding carboxylic acids is 1. The van der Waals surface area contributed by atoms with Crippen molar-refractivity contribution in [1.29, 1.82) is 0 Å². The van der Waals surface area contributed by atoms with Crippen molar-refractivity contribution in [3.63, 3.8) is 0 Å². The van der Waals surface area contributed by atoms with Crippen molar-refractivity contribution in [3.8, 4) is 0 Å². The number of carbonyl (C=O) groups is 1. The summed E-state index contributed by atoms with van der Waals surface area (Å²) in [6.07, 6.45) is 1.65. The fourth-order valence-corrected chi connectivity index (χ4v) is 2.63. The Morgan fingerprint density at radius 1 is 1.44 bits per heavy atom. The van der Waals surface area contributed by atoms with E-state index in [2.05, 4.69) is 11.9 Å². The summed E-state index contributed by atoms with van der Waals surface area (Å²) in [7, 11) is 0. The Bertz CT molecular complexity index is 405. The van der Waals surface area contributed by atoms with Gasteiger partial charge in [0.2, 0.25) is 5.91 Å². The highest BCUT2D eigenvalue weighted by atomic mass is 32.2. The van der Waals surface area contributed by atoms with E-state index in [-0.39, 0.29) is 22.2 Å². The molecule has 1 N–H and O–H groups in total. The van der Waals surface area contributed by atoms with Gasteiger partial charge in [-0.2, -0.15) is 0 Å². The normalized spacial score (nSPS) is 13.7. The Labute approximate surface area is 112 Å². The first kappa shape index (κ1) is 14.8. The molecule has 1 aromatic rings. The number of benzene rings is 1. The van der Waals surface area contributed by atoms with Gasteiger partial charge in [-0.1, -0.05) is 18.2 Å². The summed E-state index contributed by atoms with van der Waals surface area (Å²) in [5.41, 5.74) is 1.02.